The number of rotatable bonds is 5. The van der Waals surface area contributed by atoms with Crippen molar-refractivity contribution >= 4 is 15.9 Å². The molecule has 2 aliphatic rings. The molecule has 1 aliphatic heterocycles. The van der Waals surface area contributed by atoms with E-state index >= 15 is 0 Å². The van der Waals surface area contributed by atoms with Crippen molar-refractivity contribution in [2.24, 2.45) is 11.7 Å². The number of amides is 1. The van der Waals surface area contributed by atoms with Gasteiger partial charge in [-0.05, 0) is 49.9 Å². The summed E-state index contributed by atoms with van der Waals surface area (Å²) in [5.74, 6) is 0.224. The standard InChI is InChI=1S/C19H29N3O3S/c1-21(17-7-3-2-4-8-17)26(24,25)18-9-5-6-16(12-18)19(23)22-11-10-15(13-20)14-22/h5-6,9,12,15,17H,2-4,7-8,10-11,13-14,20H2,1H3. The molecule has 1 atom stereocenters. The number of carbonyl (C=O) groups is 1. The Bertz CT molecular complexity index is 744. The van der Waals surface area contributed by atoms with E-state index in [0.717, 1.165) is 32.1 Å². The van der Waals surface area contributed by atoms with Gasteiger partial charge in [-0.15, -0.1) is 0 Å². The number of hydrogen-bond donors (Lipinski definition) is 1. The number of carbonyl (C=O) groups excluding carboxylic acids is 1. The Hall–Kier alpha value is -1.44. The van der Waals surface area contributed by atoms with Crippen molar-refractivity contribution in [2.45, 2.75) is 49.5 Å². The first kappa shape index (κ1) is 19.3. The number of sulfonamides is 1. The lowest BCUT2D eigenvalue weighted by Crippen LogP contribution is -2.38. The Labute approximate surface area is 156 Å². The topological polar surface area (TPSA) is 83.7 Å². The first-order chi connectivity index (χ1) is 12.4. The summed E-state index contributed by atoms with van der Waals surface area (Å²) >= 11 is 0. The smallest absolute Gasteiger partial charge is 0.253 e. The number of hydrogen-bond acceptors (Lipinski definition) is 4. The second kappa shape index (κ2) is 8.06. The van der Waals surface area contributed by atoms with Gasteiger partial charge in [0.1, 0.15) is 0 Å². The highest BCUT2D eigenvalue weighted by molar-refractivity contribution is 7.89. The van der Waals surface area contributed by atoms with Crippen molar-refractivity contribution in [3.63, 3.8) is 0 Å². The van der Waals surface area contributed by atoms with Crippen LogP contribution in [0.1, 0.15) is 48.9 Å². The fourth-order valence-electron chi connectivity index (χ4n) is 3.99. The van der Waals surface area contributed by atoms with Crippen LogP contribution in [-0.4, -0.2) is 56.3 Å². The van der Waals surface area contributed by atoms with Gasteiger partial charge in [0.15, 0.2) is 0 Å². The van der Waals surface area contributed by atoms with Crippen LogP contribution in [0, 0.1) is 5.92 Å². The van der Waals surface area contributed by atoms with Crippen LogP contribution in [-0.2, 0) is 10.0 Å². The molecule has 1 saturated heterocycles. The van der Waals surface area contributed by atoms with Crippen molar-refractivity contribution in [1.82, 2.24) is 9.21 Å². The molecule has 0 spiro atoms. The Morgan fingerprint density at radius 3 is 2.62 bits per heavy atom. The molecule has 6 nitrogen and oxygen atoms in total. The minimum absolute atomic E-state index is 0.0528. The molecule has 2 N–H and O–H groups in total. The molecule has 2 fully saturated rings. The fourth-order valence-corrected chi connectivity index (χ4v) is 5.45. The fraction of sp³-hybridized carbons (Fsp3) is 0.632. The molecule has 0 bridgehead atoms. The summed E-state index contributed by atoms with van der Waals surface area (Å²) in [5, 5.41) is 0. The van der Waals surface area contributed by atoms with Gasteiger partial charge in [-0.25, -0.2) is 8.42 Å². The van der Waals surface area contributed by atoms with Gasteiger partial charge in [0.25, 0.3) is 5.91 Å². The third-order valence-electron chi connectivity index (χ3n) is 5.75. The summed E-state index contributed by atoms with van der Waals surface area (Å²) in [6.07, 6.45) is 6.03. The Balaban J connectivity index is 1.78. The molecule has 1 saturated carbocycles. The predicted octanol–water partition coefficient (Wildman–Crippen LogP) is 2.06. The van der Waals surface area contributed by atoms with E-state index in [4.69, 9.17) is 5.73 Å². The Morgan fingerprint density at radius 1 is 1.23 bits per heavy atom. The maximum Gasteiger partial charge on any atom is 0.253 e. The minimum atomic E-state index is -3.59. The van der Waals surface area contributed by atoms with Crippen LogP contribution in [0.15, 0.2) is 29.2 Å². The average molecular weight is 380 g/mol. The second-order valence-corrected chi connectivity index (χ2v) is 9.48. The number of likely N-dealkylation sites (tertiary alicyclic amines) is 1. The first-order valence-electron chi connectivity index (χ1n) is 9.51. The number of nitrogens with zero attached hydrogens (tertiary/aromatic N) is 2. The van der Waals surface area contributed by atoms with E-state index in [9.17, 15) is 13.2 Å². The van der Waals surface area contributed by atoms with Crippen LogP contribution in [0.25, 0.3) is 0 Å². The van der Waals surface area contributed by atoms with E-state index < -0.39 is 10.0 Å². The molecule has 1 heterocycles. The van der Waals surface area contributed by atoms with Crippen LogP contribution < -0.4 is 5.73 Å². The molecule has 7 heteroatoms. The monoisotopic (exact) mass is 379 g/mol. The second-order valence-electron chi connectivity index (χ2n) is 7.48. The largest absolute Gasteiger partial charge is 0.338 e. The SMILES string of the molecule is CN(C1CCCCC1)S(=O)(=O)c1cccc(C(=O)N2CCC(CN)C2)c1. The van der Waals surface area contributed by atoms with Crippen molar-refractivity contribution in [3.05, 3.63) is 29.8 Å². The summed E-state index contributed by atoms with van der Waals surface area (Å²) in [6, 6.07) is 6.51. The van der Waals surface area contributed by atoms with E-state index in [2.05, 4.69) is 0 Å². The molecule has 26 heavy (non-hydrogen) atoms. The lowest BCUT2D eigenvalue weighted by Gasteiger charge is -2.30. The maximum absolute atomic E-state index is 13.0. The predicted molar refractivity (Wildman–Crippen MR) is 101 cm³/mol. The number of nitrogens with two attached hydrogens (primary N) is 1. The highest BCUT2D eigenvalue weighted by Gasteiger charge is 2.30. The van der Waals surface area contributed by atoms with Crippen LogP contribution >= 0.6 is 0 Å². The van der Waals surface area contributed by atoms with Gasteiger partial charge < -0.3 is 10.6 Å². The van der Waals surface area contributed by atoms with E-state index in [1.54, 1.807) is 30.1 Å². The molecule has 0 aromatic heterocycles. The summed E-state index contributed by atoms with van der Waals surface area (Å²) in [6.45, 7) is 1.90. The van der Waals surface area contributed by atoms with E-state index in [-0.39, 0.29) is 16.8 Å². The van der Waals surface area contributed by atoms with Gasteiger partial charge in [0, 0.05) is 31.7 Å². The zero-order chi connectivity index (χ0) is 18.7. The normalized spacial score (nSPS) is 22.1. The summed E-state index contributed by atoms with van der Waals surface area (Å²) in [7, 11) is -1.93. The molecular formula is C19H29N3O3S. The number of benzene rings is 1. The van der Waals surface area contributed by atoms with E-state index in [1.165, 1.54) is 16.8 Å². The summed E-state index contributed by atoms with van der Waals surface area (Å²) in [4.78, 5) is 14.7. The molecule has 1 amide bonds. The highest BCUT2D eigenvalue weighted by atomic mass is 32.2. The Morgan fingerprint density at radius 2 is 1.96 bits per heavy atom. The lowest BCUT2D eigenvalue weighted by molar-refractivity contribution is 0.0787. The molecule has 1 aromatic carbocycles. The summed E-state index contributed by atoms with van der Waals surface area (Å²) in [5.41, 5.74) is 6.13. The first-order valence-corrected chi connectivity index (χ1v) is 10.9. The van der Waals surface area contributed by atoms with E-state index in [1.807, 2.05) is 0 Å². The van der Waals surface area contributed by atoms with Gasteiger partial charge in [-0.3, -0.25) is 4.79 Å². The average Bonchev–Trinajstić information content (AvgIpc) is 3.17. The van der Waals surface area contributed by atoms with Crippen LogP contribution in [0.3, 0.4) is 0 Å². The molecule has 144 valence electrons. The molecule has 1 unspecified atom stereocenters. The molecule has 1 aromatic rings. The quantitative estimate of drug-likeness (QED) is 0.849. The zero-order valence-electron chi connectivity index (χ0n) is 15.4. The van der Waals surface area contributed by atoms with Crippen LogP contribution in [0.5, 0.6) is 0 Å². The van der Waals surface area contributed by atoms with Gasteiger partial charge >= 0.3 is 0 Å². The zero-order valence-corrected chi connectivity index (χ0v) is 16.2. The molecule has 1 aliphatic carbocycles. The van der Waals surface area contributed by atoms with Crippen LogP contribution in [0.2, 0.25) is 0 Å². The Kier molecular flexibility index (Phi) is 5.99. The van der Waals surface area contributed by atoms with Gasteiger partial charge in [-0.1, -0.05) is 25.3 Å². The molecule has 0 radical (unpaired) electrons. The summed E-state index contributed by atoms with van der Waals surface area (Å²) < 4.78 is 27.5. The maximum atomic E-state index is 13.0. The van der Waals surface area contributed by atoms with Gasteiger partial charge in [0.05, 0.1) is 4.90 Å². The molecule has 3 rings (SSSR count). The minimum Gasteiger partial charge on any atom is -0.338 e. The van der Waals surface area contributed by atoms with Crippen molar-refractivity contribution in [2.75, 3.05) is 26.7 Å². The van der Waals surface area contributed by atoms with E-state index in [0.29, 0.717) is 31.1 Å². The third-order valence-corrected chi connectivity index (χ3v) is 7.66. The van der Waals surface area contributed by atoms with Crippen LogP contribution in [0.4, 0.5) is 0 Å². The van der Waals surface area contributed by atoms with Crippen molar-refractivity contribution in [1.29, 1.82) is 0 Å². The lowest BCUT2D eigenvalue weighted by atomic mass is 9.96. The molecular weight excluding hydrogens is 350 g/mol. The van der Waals surface area contributed by atoms with Crippen molar-refractivity contribution < 1.29 is 13.2 Å². The third kappa shape index (κ3) is 3.94. The van der Waals surface area contributed by atoms with Gasteiger partial charge in [-0.2, -0.15) is 4.31 Å². The van der Waals surface area contributed by atoms with Gasteiger partial charge in [0.2, 0.25) is 10.0 Å². The van der Waals surface area contributed by atoms with Crippen molar-refractivity contribution in [3.8, 4) is 0 Å². The highest BCUT2D eigenvalue weighted by Crippen LogP contribution is 2.27.